The number of hydrogen-bond donors (Lipinski definition) is 2. The summed E-state index contributed by atoms with van der Waals surface area (Å²) in [7, 11) is 3.43. The molecule has 0 bridgehead atoms. The van der Waals surface area contributed by atoms with Crippen molar-refractivity contribution in [3.63, 3.8) is 0 Å². The first kappa shape index (κ1) is 13.3. The number of carbonyl (C=O) groups is 2. The number of amides is 2. The highest BCUT2D eigenvalue weighted by atomic mass is 16.5. The average molecular weight is 255 g/mol. The van der Waals surface area contributed by atoms with Crippen LogP contribution in [0.25, 0.3) is 0 Å². The van der Waals surface area contributed by atoms with E-state index in [2.05, 4.69) is 10.6 Å². The summed E-state index contributed by atoms with van der Waals surface area (Å²) in [6.45, 7) is 1.32. The molecule has 0 aliphatic carbocycles. The lowest BCUT2D eigenvalue weighted by atomic mass is 10.0. The van der Waals surface area contributed by atoms with Gasteiger partial charge >= 0.3 is 0 Å². The number of likely N-dealkylation sites (N-methyl/N-ethyl adjacent to an activating group) is 1. The van der Waals surface area contributed by atoms with Crippen LogP contribution in [0.3, 0.4) is 0 Å². The number of rotatable bonds is 3. The van der Waals surface area contributed by atoms with Gasteiger partial charge in [-0.3, -0.25) is 9.59 Å². The fourth-order valence-electron chi connectivity index (χ4n) is 2.51. The quantitative estimate of drug-likeness (QED) is 0.686. The van der Waals surface area contributed by atoms with Crippen molar-refractivity contribution in [3.05, 3.63) is 0 Å². The fraction of sp³-hybridized carbons (Fsp3) is 0.833. The Balaban J connectivity index is 1.79. The van der Waals surface area contributed by atoms with Gasteiger partial charge in [-0.2, -0.15) is 0 Å². The molecular formula is C12H21N3O3. The van der Waals surface area contributed by atoms with Gasteiger partial charge in [0.05, 0.1) is 12.1 Å². The number of methoxy groups -OCH3 is 1. The summed E-state index contributed by atoms with van der Waals surface area (Å²) in [5, 5.41) is 6.15. The molecule has 2 amide bonds. The van der Waals surface area contributed by atoms with E-state index in [9.17, 15) is 9.59 Å². The summed E-state index contributed by atoms with van der Waals surface area (Å²) in [4.78, 5) is 25.1. The topological polar surface area (TPSA) is 70.7 Å². The van der Waals surface area contributed by atoms with Gasteiger partial charge in [-0.15, -0.1) is 0 Å². The summed E-state index contributed by atoms with van der Waals surface area (Å²) in [6.07, 6.45) is 2.08. The van der Waals surface area contributed by atoms with Gasteiger partial charge < -0.3 is 20.3 Å². The molecule has 0 aromatic carbocycles. The van der Waals surface area contributed by atoms with Crippen molar-refractivity contribution in [2.45, 2.75) is 37.5 Å². The molecule has 6 heteroatoms. The lowest BCUT2D eigenvalue weighted by Gasteiger charge is -2.30. The first-order valence-electron chi connectivity index (χ1n) is 6.40. The van der Waals surface area contributed by atoms with Gasteiger partial charge in [-0.05, 0) is 12.8 Å². The van der Waals surface area contributed by atoms with Gasteiger partial charge in [0.2, 0.25) is 11.8 Å². The highest BCUT2D eigenvalue weighted by Gasteiger charge is 2.31. The molecule has 2 rings (SSSR count). The van der Waals surface area contributed by atoms with Crippen molar-refractivity contribution in [2.24, 2.45) is 0 Å². The molecule has 0 spiro atoms. The minimum absolute atomic E-state index is 0.0160. The second-order valence-electron chi connectivity index (χ2n) is 5.07. The van der Waals surface area contributed by atoms with Crippen molar-refractivity contribution in [1.29, 1.82) is 0 Å². The Bertz CT molecular complexity index is 335. The zero-order chi connectivity index (χ0) is 13.1. The van der Waals surface area contributed by atoms with E-state index in [0.717, 1.165) is 13.0 Å². The van der Waals surface area contributed by atoms with Gasteiger partial charge in [0.15, 0.2) is 0 Å². The molecule has 2 saturated heterocycles. The van der Waals surface area contributed by atoms with Crippen LogP contribution in [0, 0.1) is 0 Å². The predicted octanol–water partition coefficient (Wildman–Crippen LogP) is -0.900. The number of nitrogens with one attached hydrogen (secondary N) is 2. The molecule has 2 N–H and O–H groups in total. The Morgan fingerprint density at radius 2 is 2.33 bits per heavy atom. The normalized spacial score (nSPS) is 32.7. The first-order valence-corrected chi connectivity index (χ1v) is 6.40. The molecule has 0 aromatic rings. The van der Waals surface area contributed by atoms with Crippen LogP contribution >= 0.6 is 0 Å². The van der Waals surface area contributed by atoms with Crippen LogP contribution in [-0.2, 0) is 14.3 Å². The third-order valence-corrected chi connectivity index (χ3v) is 3.71. The molecule has 3 atom stereocenters. The zero-order valence-corrected chi connectivity index (χ0v) is 10.9. The van der Waals surface area contributed by atoms with E-state index in [1.165, 1.54) is 0 Å². The summed E-state index contributed by atoms with van der Waals surface area (Å²) < 4.78 is 5.22. The van der Waals surface area contributed by atoms with Crippen LogP contribution in [-0.4, -0.2) is 62.1 Å². The smallest absolute Gasteiger partial charge is 0.237 e. The molecule has 0 saturated carbocycles. The number of ether oxygens (including phenoxy) is 1. The molecule has 102 valence electrons. The Kier molecular flexibility index (Phi) is 4.19. The number of carbonyl (C=O) groups excluding carboxylic acids is 2. The molecule has 6 nitrogen and oxygen atoms in total. The van der Waals surface area contributed by atoms with Crippen molar-refractivity contribution in [1.82, 2.24) is 15.5 Å². The molecule has 18 heavy (non-hydrogen) atoms. The third-order valence-electron chi connectivity index (χ3n) is 3.71. The van der Waals surface area contributed by atoms with Gasteiger partial charge in [0.25, 0.3) is 0 Å². The van der Waals surface area contributed by atoms with Crippen molar-refractivity contribution < 1.29 is 14.3 Å². The molecule has 2 fully saturated rings. The maximum absolute atomic E-state index is 12.0. The van der Waals surface area contributed by atoms with E-state index in [-0.39, 0.29) is 30.0 Å². The minimum Gasteiger partial charge on any atom is -0.380 e. The largest absolute Gasteiger partial charge is 0.380 e. The van der Waals surface area contributed by atoms with Crippen molar-refractivity contribution >= 4 is 11.8 Å². The van der Waals surface area contributed by atoms with Crippen LogP contribution in [0.2, 0.25) is 0 Å². The highest BCUT2D eigenvalue weighted by Crippen LogP contribution is 2.12. The van der Waals surface area contributed by atoms with Gasteiger partial charge in [0.1, 0.15) is 0 Å². The molecule has 0 radical (unpaired) electrons. The average Bonchev–Trinajstić information content (AvgIpc) is 2.82. The monoisotopic (exact) mass is 255 g/mol. The molecular weight excluding hydrogens is 234 g/mol. The Morgan fingerprint density at radius 3 is 2.94 bits per heavy atom. The number of piperidine rings is 1. The van der Waals surface area contributed by atoms with Gasteiger partial charge in [0, 0.05) is 39.7 Å². The van der Waals surface area contributed by atoms with E-state index >= 15 is 0 Å². The summed E-state index contributed by atoms with van der Waals surface area (Å²) in [5.74, 6) is 0.168. The summed E-state index contributed by atoms with van der Waals surface area (Å²) in [6, 6.07) is -0.0959. The number of likely N-dealkylation sites (tertiary alicyclic amines) is 1. The zero-order valence-electron chi connectivity index (χ0n) is 10.9. The standard InChI is InChI=1S/C12H21N3O3/c1-15-7-8(3-4-11(15)16)14-12(17)10-5-9(18-2)6-13-10/h8-10,13H,3-7H2,1-2H3,(H,14,17). The van der Waals surface area contributed by atoms with E-state index in [4.69, 9.17) is 4.74 Å². The second-order valence-corrected chi connectivity index (χ2v) is 5.07. The Labute approximate surface area is 107 Å². The van der Waals surface area contributed by atoms with E-state index in [1.807, 2.05) is 0 Å². The second kappa shape index (κ2) is 5.67. The maximum Gasteiger partial charge on any atom is 0.237 e. The number of hydrogen-bond acceptors (Lipinski definition) is 4. The van der Waals surface area contributed by atoms with E-state index in [1.54, 1.807) is 19.1 Å². The van der Waals surface area contributed by atoms with E-state index in [0.29, 0.717) is 19.4 Å². The third kappa shape index (κ3) is 3.00. The summed E-state index contributed by atoms with van der Waals surface area (Å²) in [5.41, 5.74) is 0. The minimum atomic E-state index is -0.169. The van der Waals surface area contributed by atoms with Gasteiger partial charge in [-0.1, -0.05) is 0 Å². The van der Waals surface area contributed by atoms with Crippen LogP contribution in [0.1, 0.15) is 19.3 Å². The van der Waals surface area contributed by atoms with Crippen molar-refractivity contribution in [2.75, 3.05) is 27.2 Å². The molecule has 0 aromatic heterocycles. The molecule has 2 aliphatic heterocycles. The molecule has 3 unspecified atom stereocenters. The van der Waals surface area contributed by atoms with Crippen LogP contribution in [0.15, 0.2) is 0 Å². The lowest BCUT2D eigenvalue weighted by Crippen LogP contribution is -2.52. The van der Waals surface area contributed by atoms with Crippen molar-refractivity contribution in [3.8, 4) is 0 Å². The summed E-state index contributed by atoms with van der Waals surface area (Å²) >= 11 is 0. The molecule has 2 heterocycles. The molecule has 2 aliphatic rings. The Hall–Kier alpha value is -1.14. The highest BCUT2D eigenvalue weighted by molar-refractivity contribution is 5.83. The SMILES string of the molecule is COC1CNC(C(=O)NC2CCC(=O)N(C)C2)C1. The fourth-order valence-corrected chi connectivity index (χ4v) is 2.51. The predicted molar refractivity (Wildman–Crippen MR) is 66.0 cm³/mol. The van der Waals surface area contributed by atoms with Crippen LogP contribution < -0.4 is 10.6 Å². The lowest BCUT2D eigenvalue weighted by molar-refractivity contribution is -0.134. The van der Waals surface area contributed by atoms with Crippen LogP contribution in [0.5, 0.6) is 0 Å². The first-order chi connectivity index (χ1) is 8.60. The number of nitrogens with zero attached hydrogens (tertiary/aromatic N) is 1. The van der Waals surface area contributed by atoms with Crippen LogP contribution in [0.4, 0.5) is 0 Å². The maximum atomic E-state index is 12.0. The van der Waals surface area contributed by atoms with Gasteiger partial charge in [-0.25, -0.2) is 0 Å². The van der Waals surface area contributed by atoms with E-state index < -0.39 is 0 Å². The Morgan fingerprint density at radius 1 is 1.56 bits per heavy atom.